The Balaban J connectivity index is 1.32. The van der Waals surface area contributed by atoms with E-state index in [1.165, 1.54) is 17.0 Å². The summed E-state index contributed by atoms with van der Waals surface area (Å²) in [7, 11) is 0. The first kappa shape index (κ1) is 21.7. The van der Waals surface area contributed by atoms with Gasteiger partial charge in [0.05, 0.1) is 5.69 Å². The van der Waals surface area contributed by atoms with Crippen LogP contribution in [0.25, 0.3) is 0 Å². The van der Waals surface area contributed by atoms with E-state index in [0.29, 0.717) is 13.0 Å². The molecule has 4 rings (SSSR count). The van der Waals surface area contributed by atoms with Crippen LogP contribution in [0.15, 0.2) is 24.3 Å². The predicted octanol–water partition coefficient (Wildman–Crippen LogP) is 3.01. The van der Waals surface area contributed by atoms with E-state index in [1.54, 1.807) is 17.4 Å². The highest BCUT2D eigenvalue weighted by atomic mass is 32.1. The van der Waals surface area contributed by atoms with Crippen molar-refractivity contribution >= 4 is 28.3 Å². The maximum atomic E-state index is 13.3. The van der Waals surface area contributed by atoms with Crippen molar-refractivity contribution in [1.29, 1.82) is 0 Å². The lowest BCUT2D eigenvalue weighted by Gasteiger charge is -2.35. The summed E-state index contributed by atoms with van der Waals surface area (Å²) >= 11 is 1.68. The number of aryl methyl sites for hydroxylation is 1. The average molecular weight is 445 g/mol. The van der Waals surface area contributed by atoms with Crippen molar-refractivity contribution in [2.75, 3.05) is 31.1 Å². The van der Waals surface area contributed by atoms with Gasteiger partial charge in [-0.2, -0.15) is 0 Å². The number of hydrogen-bond donors (Lipinski definition) is 1. The van der Waals surface area contributed by atoms with Gasteiger partial charge in [0.1, 0.15) is 5.82 Å². The van der Waals surface area contributed by atoms with E-state index in [4.69, 9.17) is 4.98 Å². The highest BCUT2D eigenvalue weighted by Crippen LogP contribution is 2.34. The fourth-order valence-electron chi connectivity index (χ4n) is 4.18. The molecule has 1 aliphatic heterocycles. The highest BCUT2D eigenvalue weighted by molar-refractivity contribution is 7.15. The SMILES string of the molecule is CC(C)C(=O)N1CCN(c2nc3c(s2)C[C@@H](C(=O)NCc2cccc(F)c2)CC3)CC1. The summed E-state index contributed by atoms with van der Waals surface area (Å²) in [5.74, 6) is -0.103. The van der Waals surface area contributed by atoms with Gasteiger partial charge in [-0.15, -0.1) is 11.3 Å². The molecule has 31 heavy (non-hydrogen) atoms. The van der Waals surface area contributed by atoms with Crippen LogP contribution in [0.1, 0.15) is 36.4 Å². The van der Waals surface area contributed by atoms with Crippen LogP contribution in [0.5, 0.6) is 0 Å². The van der Waals surface area contributed by atoms with E-state index in [1.807, 2.05) is 24.8 Å². The number of carbonyl (C=O) groups excluding carboxylic acids is 2. The number of anilines is 1. The zero-order chi connectivity index (χ0) is 22.0. The van der Waals surface area contributed by atoms with Crippen LogP contribution in [-0.2, 0) is 29.0 Å². The second-order valence-corrected chi connectivity index (χ2v) is 9.68. The number of halogens is 1. The van der Waals surface area contributed by atoms with Crippen molar-refractivity contribution in [2.24, 2.45) is 11.8 Å². The molecule has 0 spiro atoms. The Labute approximate surface area is 186 Å². The molecule has 1 fully saturated rings. The van der Waals surface area contributed by atoms with E-state index in [2.05, 4.69) is 10.2 Å². The van der Waals surface area contributed by atoms with Crippen LogP contribution in [-0.4, -0.2) is 47.9 Å². The molecule has 0 saturated carbocycles. The van der Waals surface area contributed by atoms with Gasteiger partial charge >= 0.3 is 0 Å². The number of aromatic nitrogens is 1. The van der Waals surface area contributed by atoms with E-state index in [-0.39, 0.29) is 29.5 Å². The fourth-order valence-corrected chi connectivity index (χ4v) is 5.42. The fraction of sp³-hybridized carbons (Fsp3) is 0.522. The van der Waals surface area contributed by atoms with Crippen molar-refractivity contribution < 1.29 is 14.0 Å². The first-order chi connectivity index (χ1) is 14.9. The Kier molecular flexibility index (Phi) is 6.55. The number of nitrogens with one attached hydrogen (secondary N) is 1. The molecule has 2 heterocycles. The molecule has 1 aliphatic carbocycles. The zero-order valence-corrected chi connectivity index (χ0v) is 18.9. The van der Waals surface area contributed by atoms with Gasteiger partial charge in [0.25, 0.3) is 0 Å². The number of benzene rings is 1. The van der Waals surface area contributed by atoms with Crippen molar-refractivity contribution in [2.45, 2.75) is 39.7 Å². The molecule has 1 aromatic heterocycles. The van der Waals surface area contributed by atoms with Crippen LogP contribution in [0.3, 0.4) is 0 Å². The first-order valence-corrected chi connectivity index (χ1v) is 11.8. The van der Waals surface area contributed by atoms with Crippen molar-refractivity contribution in [1.82, 2.24) is 15.2 Å². The average Bonchev–Trinajstić information content (AvgIpc) is 3.20. The normalized spacial score (nSPS) is 18.8. The number of fused-ring (bicyclic) bond motifs is 1. The van der Waals surface area contributed by atoms with Crippen LogP contribution in [0.2, 0.25) is 0 Å². The summed E-state index contributed by atoms with van der Waals surface area (Å²) in [6, 6.07) is 6.31. The second kappa shape index (κ2) is 9.34. The highest BCUT2D eigenvalue weighted by Gasteiger charge is 2.30. The number of amides is 2. The number of rotatable bonds is 5. The van der Waals surface area contributed by atoms with Gasteiger partial charge in [-0.05, 0) is 37.0 Å². The molecular formula is C23H29FN4O2S. The molecule has 2 aromatic rings. The minimum absolute atomic E-state index is 0.0191. The van der Waals surface area contributed by atoms with Gasteiger partial charge in [-0.3, -0.25) is 9.59 Å². The lowest BCUT2D eigenvalue weighted by atomic mass is 9.90. The van der Waals surface area contributed by atoms with Gasteiger partial charge in [-0.1, -0.05) is 26.0 Å². The lowest BCUT2D eigenvalue weighted by molar-refractivity contribution is -0.134. The molecule has 1 saturated heterocycles. The standard InChI is InChI=1S/C23H29FN4O2S/c1-15(2)22(30)27-8-10-28(11-9-27)23-26-19-7-6-17(13-20(19)31-23)21(29)25-14-16-4-3-5-18(24)12-16/h3-5,12,15,17H,6-11,13-14H2,1-2H3,(H,25,29)/t17-/m0/s1. The molecule has 6 nitrogen and oxygen atoms in total. The molecular weight excluding hydrogens is 415 g/mol. The molecule has 166 valence electrons. The van der Waals surface area contributed by atoms with Crippen molar-refractivity contribution in [3.8, 4) is 0 Å². The lowest BCUT2D eigenvalue weighted by Crippen LogP contribution is -2.49. The Hall–Kier alpha value is -2.48. The van der Waals surface area contributed by atoms with Crippen LogP contribution >= 0.6 is 11.3 Å². The predicted molar refractivity (Wildman–Crippen MR) is 120 cm³/mol. The molecule has 2 aliphatic rings. The molecule has 0 unspecified atom stereocenters. The topological polar surface area (TPSA) is 65.5 Å². The molecule has 1 aromatic carbocycles. The number of piperazine rings is 1. The maximum Gasteiger partial charge on any atom is 0.225 e. The van der Waals surface area contributed by atoms with E-state index >= 15 is 0 Å². The third-order valence-corrected chi connectivity index (χ3v) is 7.19. The smallest absolute Gasteiger partial charge is 0.225 e. The van der Waals surface area contributed by atoms with E-state index < -0.39 is 0 Å². The summed E-state index contributed by atoms with van der Waals surface area (Å²) < 4.78 is 13.3. The minimum atomic E-state index is -0.291. The molecule has 8 heteroatoms. The molecule has 0 bridgehead atoms. The molecule has 1 N–H and O–H groups in total. The third kappa shape index (κ3) is 5.06. The quantitative estimate of drug-likeness (QED) is 0.770. The Morgan fingerprint density at radius 2 is 2.03 bits per heavy atom. The Morgan fingerprint density at radius 1 is 1.26 bits per heavy atom. The van der Waals surface area contributed by atoms with Crippen molar-refractivity contribution in [3.05, 3.63) is 46.2 Å². The zero-order valence-electron chi connectivity index (χ0n) is 18.1. The van der Waals surface area contributed by atoms with Crippen molar-refractivity contribution in [3.63, 3.8) is 0 Å². The monoisotopic (exact) mass is 444 g/mol. The summed E-state index contributed by atoms with van der Waals surface area (Å²) in [6.07, 6.45) is 2.28. The number of hydrogen-bond acceptors (Lipinski definition) is 5. The summed E-state index contributed by atoms with van der Waals surface area (Å²) in [5.41, 5.74) is 1.87. The van der Waals surface area contributed by atoms with Gasteiger partial charge in [0, 0.05) is 49.4 Å². The summed E-state index contributed by atoms with van der Waals surface area (Å²) in [6.45, 7) is 7.26. The van der Waals surface area contributed by atoms with Crippen LogP contribution in [0.4, 0.5) is 9.52 Å². The summed E-state index contributed by atoms with van der Waals surface area (Å²) in [5, 5.41) is 3.95. The largest absolute Gasteiger partial charge is 0.352 e. The molecule has 2 amide bonds. The second-order valence-electron chi connectivity index (χ2n) is 8.62. The molecule has 1 atom stereocenters. The maximum absolute atomic E-state index is 13.3. The van der Waals surface area contributed by atoms with E-state index in [9.17, 15) is 14.0 Å². The van der Waals surface area contributed by atoms with E-state index in [0.717, 1.165) is 55.4 Å². The van der Waals surface area contributed by atoms with Crippen LogP contribution in [0, 0.1) is 17.7 Å². The third-order valence-electron chi connectivity index (χ3n) is 6.01. The Bertz CT molecular complexity index is 953. The Morgan fingerprint density at radius 3 is 2.74 bits per heavy atom. The molecule has 0 radical (unpaired) electrons. The summed E-state index contributed by atoms with van der Waals surface area (Å²) in [4.78, 5) is 35.1. The van der Waals surface area contributed by atoms with Crippen LogP contribution < -0.4 is 10.2 Å². The first-order valence-electron chi connectivity index (χ1n) is 10.9. The minimum Gasteiger partial charge on any atom is -0.352 e. The van der Waals surface area contributed by atoms with Gasteiger partial charge in [0.2, 0.25) is 11.8 Å². The van der Waals surface area contributed by atoms with Gasteiger partial charge in [0.15, 0.2) is 5.13 Å². The number of thiazole rings is 1. The number of nitrogens with zero attached hydrogens (tertiary/aromatic N) is 3. The number of carbonyl (C=O) groups is 2. The van der Waals surface area contributed by atoms with Gasteiger partial charge < -0.3 is 15.1 Å². The van der Waals surface area contributed by atoms with Gasteiger partial charge in [-0.25, -0.2) is 9.37 Å².